The Bertz CT molecular complexity index is 1370. The Kier molecular flexibility index (Phi) is 14.2. The molecule has 3 rings (SSSR count). The summed E-state index contributed by atoms with van der Waals surface area (Å²) in [5, 5.41) is 0. The molecule has 0 amide bonds. The van der Waals surface area contributed by atoms with Crippen LogP contribution in [0.4, 0.5) is 13.2 Å². The maximum Gasteiger partial charge on any atom is 0.458 e. The Balaban J connectivity index is 0.00000232. The van der Waals surface area contributed by atoms with E-state index in [0.29, 0.717) is 37.6 Å². The minimum atomic E-state index is -4.52. The van der Waals surface area contributed by atoms with Crippen molar-refractivity contribution in [2.75, 3.05) is 27.6 Å². The van der Waals surface area contributed by atoms with Gasteiger partial charge in [0.2, 0.25) is 0 Å². The lowest BCUT2D eigenvalue weighted by atomic mass is 9.91. The average Bonchev–Trinajstić information content (AvgIpc) is 2.95. The highest BCUT2D eigenvalue weighted by Gasteiger charge is 2.23. The summed E-state index contributed by atoms with van der Waals surface area (Å²) in [5.41, 5.74) is 3.89. The molecule has 0 radical (unpaired) electrons. The number of benzene rings is 3. The summed E-state index contributed by atoms with van der Waals surface area (Å²) in [5.74, 6) is 9.60. The van der Waals surface area contributed by atoms with Crippen LogP contribution in [0.3, 0.4) is 0 Å². The van der Waals surface area contributed by atoms with E-state index in [0.717, 1.165) is 22.3 Å². The van der Waals surface area contributed by atoms with Gasteiger partial charge in [-0.25, -0.2) is 0 Å². The Labute approximate surface area is 243 Å². The van der Waals surface area contributed by atoms with E-state index in [1.165, 1.54) is 5.92 Å². The number of rotatable bonds is 11. The van der Waals surface area contributed by atoms with Crippen molar-refractivity contribution in [2.24, 2.45) is 0 Å². The van der Waals surface area contributed by atoms with Crippen molar-refractivity contribution in [3.05, 3.63) is 101 Å². The fourth-order valence-corrected chi connectivity index (χ4v) is 3.99. The number of methoxy groups -OCH3 is 2. The first-order valence-corrected chi connectivity index (χ1v) is 13.1. The zero-order valence-corrected chi connectivity index (χ0v) is 23.8. The van der Waals surface area contributed by atoms with Crippen molar-refractivity contribution in [2.45, 2.75) is 45.2 Å². The van der Waals surface area contributed by atoms with Gasteiger partial charge in [0.05, 0.1) is 6.61 Å². The molecular weight excluding hydrogens is 529 g/mol. The van der Waals surface area contributed by atoms with Crippen molar-refractivity contribution in [1.29, 1.82) is 0 Å². The van der Waals surface area contributed by atoms with Crippen LogP contribution in [0.1, 0.15) is 50.4 Å². The third-order valence-electron chi connectivity index (χ3n) is 5.75. The Morgan fingerprint density at radius 3 is 2.27 bits per heavy atom. The summed E-state index contributed by atoms with van der Waals surface area (Å²) in [4.78, 5) is 13.1. The second-order valence-electron chi connectivity index (χ2n) is 8.90. The van der Waals surface area contributed by atoms with Crippen LogP contribution in [0.5, 0.6) is 5.75 Å². The molecule has 7 heteroatoms. The van der Waals surface area contributed by atoms with Gasteiger partial charge in [-0.1, -0.05) is 66.4 Å². The van der Waals surface area contributed by atoms with Gasteiger partial charge in [-0.3, -0.25) is 4.79 Å². The predicted molar refractivity (Wildman–Crippen MR) is 159 cm³/mol. The normalized spacial score (nSPS) is 11.1. The Morgan fingerprint density at radius 2 is 1.66 bits per heavy atom. The van der Waals surface area contributed by atoms with Gasteiger partial charge in [-0.05, 0) is 67.1 Å². The number of hydrogen-bond acceptors (Lipinski definition) is 4. The average molecular weight is 569 g/mol. The van der Waals surface area contributed by atoms with E-state index in [2.05, 4.69) is 27.2 Å². The van der Waals surface area contributed by atoms with E-state index in [-0.39, 0.29) is 15.1 Å². The van der Waals surface area contributed by atoms with E-state index in [9.17, 15) is 18.0 Å². The molecule has 41 heavy (non-hydrogen) atoms. The minimum absolute atomic E-state index is 0. The van der Waals surface area contributed by atoms with Gasteiger partial charge in [0.15, 0.2) is 5.78 Å². The molecule has 0 fully saturated rings. The molecule has 1 unspecified atom stereocenters. The van der Waals surface area contributed by atoms with Gasteiger partial charge in [0.1, 0.15) is 18.5 Å². The van der Waals surface area contributed by atoms with Gasteiger partial charge >= 0.3 is 6.18 Å². The number of hydrogen-bond donors (Lipinski definition) is 0. The lowest BCUT2D eigenvalue weighted by Crippen LogP contribution is -2.14. The van der Waals surface area contributed by atoms with Crippen LogP contribution in [-0.4, -0.2) is 39.6 Å². The van der Waals surface area contributed by atoms with Crippen molar-refractivity contribution >= 4 is 5.78 Å². The first kappa shape index (κ1) is 33.2. The maximum atomic E-state index is 13.1. The van der Waals surface area contributed by atoms with Crippen molar-refractivity contribution in [3.8, 4) is 29.4 Å². The monoisotopic (exact) mass is 568 g/mol. The standard InChI is InChI=1S/C31H27F3O2.C3H8O2.2H2/c1-3-9-28(26-12-6-5-7-13-26)29(35)21-25-15-17-27(30(22-25)36-4-2)16-14-23-10-8-11-24(20-23)18-19-31(32,33)34;1-4-3-5-2;;/h5-8,10-13,15,17,20,22,28H,4,14,16,21H2,1-2H3;3H2,1-2H3;2*1H. The SMILES string of the molecule is CC#CC(C(=O)Cc1ccc(CCc2cccc(C#CC(F)(F)F)c2)c(OCC)c1)c1ccccc1.COCOC.[HH].[HH]. The topological polar surface area (TPSA) is 44.8 Å². The first-order valence-electron chi connectivity index (χ1n) is 13.1. The zero-order chi connectivity index (χ0) is 30.1. The lowest BCUT2D eigenvalue weighted by molar-refractivity contribution is -0.118. The fourth-order valence-electron chi connectivity index (χ4n) is 3.99. The molecule has 0 aliphatic rings. The minimum Gasteiger partial charge on any atom is -0.494 e. The highest BCUT2D eigenvalue weighted by atomic mass is 19.4. The van der Waals surface area contributed by atoms with Crippen LogP contribution in [0, 0.1) is 23.7 Å². The van der Waals surface area contributed by atoms with E-state index >= 15 is 0 Å². The number of Topliss-reactive ketones (excluding diaryl/α,β-unsaturated/α-hetero) is 1. The lowest BCUT2D eigenvalue weighted by Gasteiger charge is -2.14. The van der Waals surface area contributed by atoms with Crippen LogP contribution in [-0.2, 0) is 33.5 Å². The van der Waals surface area contributed by atoms with Crippen molar-refractivity contribution < 1.29 is 35.0 Å². The van der Waals surface area contributed by atoms with Gasteiger partial charge < -0.3 is 14.2 Å². The summed E-state index contributed by atoms with van der Waals surface area (Å²) in [6.07, 6.45) is -3.04. The summed E-state index contributed by atoms with van der Waals surface area (Å²) in [6, 6.07) is 22.1. The molecule has 3 aromatic carbocycles. The Hall–Kier alpha value is -4.04. The number of aryl methyl sites for hydroxylation is 2. The quantitative estimate of drug-likeness (QED) is 0.178. The molecule has 0 aliphatic heterocycles. The number of carbonyl (C=O) groups is 1. The molecule has 0 aliphatic carbocycles. The van der Waals surface area contributed by atoms with Gasteiger partial charge in [0.25, 0.3) is 0 Å². The summed E-state index contributed by atoms with van der Waals surface area (Å²) >= 11 is 0. The number of ether oxygens (including phenoxy) is 3. The second-order valence-corrected chi connectivity index (χ2v) is 8.90. The smallest absolute Gasteiger partial charge is 0.458 e. The molecule has 0 saturated heterocycles. The van der Waals surface area contributed by atoms with Gasteiger partial charge in [-0.2, -0.15) is 13.2 Å². The highest BCUT2D eigenvalue weighted by molar-refractivity contribution is 5.90. The summed E-state index contributed by atoms with van der Waals surface area (Å²) in [7, 11) is 3.17. The molecule has 0 aromatic heterocycles. The number of ketones is 1. The molecule has 0 heterocycles. The number of halogens is 3. The van der Waals surface area contributed by atoms with Crippen LogP contribution < -0.4 is 4.74 Å². The van der Waals surface area contributed by atoms with E-state index in [1.54, 1.807) is 39.3 Å². The molecule has 4 nitrogen and oxygen atoms in total. The molecular formula is C34H39F3O4. The maximum absolute atomic E-state index is 13.1. The van der Waals surface area contributed by atoms with Crippen LogP contribution >= 0.6 is 0 Å². The van der Waals surface area contributed by atoms with Gasteiger partial charge in [0, 0.05) is 35.0 Å². The van der Waals surface area contributed by atoms with Gasteiger partial charge in [-0.15, -0.1) is 5.92 Å². The first-order chi connectivity index (χ1) is 19.7. The van der Waals surface area contributed by atoms with Crippen LogP contribution in [0.25, 0.3) is 0 Å². The molecule has 0 N–H and O–H groups in total. The zero-order valence-electron chi connectivity index (χ0n) is 23.8. The van der Waals surface area contributed by atoms with Crippen molar-refractivity contribution in [3.63, 3.8) is 0 Å². The highest BCUT2D eigenvalue weighted by Crippen LogP contribution is 2.25. The molecule has 0 spiro atoms. The van der Waals surface area contributed by atoms with E-state index < -0.39 is 12.1 Å². The number of alkyl halides is 3. The predicted octanol–water partition coefficient (Wildman–Crippen LogP) is 7.43. The molecule has 0 bridgehead atoms. The Morgan fingerprint density at radius 1 is 0.927 bits per heavy atom. The van der Waals surface area contributed by atoms with Crippen LogP contribution in [0.15, 0.2) is 72.8 Å². The van der Waals surface area contributed by atoms with Crippen LogP contribution in [0.2, 0.25) is 0 Å². The fraction of sp³-hybridized carbons (Fsp3) is 0.324. The third-order valence-corrected chi connectivity index (χ3v) is 5.75. The molecule has 0 saturated carbocycles. The number of carbonyl (C=O) groups excluding carboxylic acids is 1. The van der Waals surface area contributed by atoms with Crippen molar-refractivity contribution in [1.82, 2.24) is 0 Å². The third kappa shape index (κ3) is 12.3. The summed E-state index contributed by atoms with van der Waals surface area (Å²) in [6.45, 7) is 4.48. The van der Waals surface area contributed by atoms with E-state index in [1.807, 2.05) is 61.5 Å². The molecule has 1 atom stereocenters. The summed E-state index contributed by atoms with van der Waals surface area (Å²) < 4.78 is 52.0. The van der Waals surface area contributed by atoms with E-state index in [4.69, 9.17) is 4.74 Å². The largest absolute Gasteiger partial charge is 0.494 e. The molecule has 3 aromatic rings. The molecule has 220 valence electrons. The second kappa shape index (κ2) is 17.6.